The number of nitrogens with one attached hydrogen (secondary N) is 3. The summed E-state index contributed by atoms with van der Waals surface area (Å²) in [6, 6.07) is -0.0754. The van der Waals surface area contributed by atoms with Gasteiger partial charge in [-0.1, -0.05) is 0 Å². The van der Waals surface area contributed by atoms with Crippen molar-refractivity contribution in [2.75, 3.05) is 26.7 Å². The summed E-state index contributed by atoms with van der Waals surface area (Å²) in [5.41, 5.74) is 0. The molecule has 70 valence electrons. The van der Waals surface area contributed by atoms with Crippen molar-refractivity contribution < 1.29 is 4.79 Å². The standard InChI is InChI=1S/C8H17N3O/c1-9-8(12)11-6-7-2-4-10-5-3-7/h7,10H,2-6H2,1H3,(H2,9,11,12). The third-order valence-electron chi connectivity index (χ3n) is 2.24. The summed E-state index contributed by atoms with van der Waals surface area (Å²) in [5, 5.41) is 8.65. The van der Waals surface area contributed by atoms with Gasteiger partial charge in [-0.3, -0.25) is 0 Å². The van der Waals surface area contributed by atoms with Crippen LogP contribution in [0.15, 0.2) is 0 Å². The molecule has 1 fully saturated rings. The molecule has 0 aromatic carbocycles. The number of rotatable bonds is 2. The highest BCUT2D eigenvalue weighted by Crippen LogP contribution is 2.09. The molecule has 4 heteroatoms. The maximum atomic E-state index is 10.8. The summed E-state index contributed by atoms with van der Waals surface area (Å²) in [6.45, 7) is 2.97. The lowest BCUT2D eigenvalue weighted by Gasteiger charge is -2.22. The molecule has 1 saturated heterocycles. The smallest absolute Gasteiger partial charge is 0.314 e. The van der Waals surface area contributed by atoms with Gasteiger partial charge in [0.25, 0.3) is 0 Å². The first-order valence-corrected chi connectivity index (χ1v) is 4.49. The van der Waals surface area contributed by atoms with Crippen LogP contribution < -0.4 is 16.0 Å². The highest BCUT2D eigenvalue weighted by atomic mass is 16.2. The van der Waals surface area contributed by atoms with E-state index in [1.807, 2.05) is 0 Å². The van der Waals surface area contributed by atoms with E-state index in [4.69, 9.17) is 0 Å². The number of amides is 2. The molecule has 0 aromatic heterocycles. The normalized spacial score (nSPS) is 18.8. The summed E-state index contributed by atoms with van der Waals surface area (Å²) < 4.78 is 0. The highest BCUT2D eigenvalue weighted by Gasteiger charge is 2.12. The van der Waals surface area contributed by atoms with E-state index < -0.39 is 0 Å². The zero-order valence-corrected chi connectivity index (χ0v) is 7.52. The van der Waals surface area contributed by atoms with E-state index >= 15 is 0 Å². The lowest BCUT2D eigenvalue weighted by Crippen LogP contribution is -2.39. The molecule has 0 bridgehead atoms. The summed E-state index contributed by atoms with van der Waals surface area (Å²) >= 11 is 0. The van der Waals surface area contributed by atoms with Gasteiger partial charge in [0, 0.05) is 13.6 Å². The molecule has 3 N–H and O–H groups in total. The van der Waals surface area contributed by atoms with E-state index in [0.717, 1.165) is 19.6 Å². The van der Waals surface area contributed by atoms with Crippen molar-refractivity contribution in [1.29, 1.82) is 0 Å². The summed E-state index contributed by atoms with van der Waals surface area (Å²) in [6.07, 6.45) is 2.34. The number of hydrogen-bond acceptors (Lipinski definition) is 2. The molecule has 0 saturated carbocycles. The van der Waals surface area contributed by atoms with Gasteiger partial charge >= 0.3 is 6.03 Å². The molecule has 1 heterocycles. The van der Waals surface area contributed by atoms with Crippen LogP contribution in [0, 0.1) is 5.92 Å². The first-order chi connectivity index (χ1) is 5.83. The molecule has 0 aromatic rings. The molecule has 12 heavy (non-hydrogen) atoms. The average molecular weight is 171 g/mol. The van der Waals surface area contributed by atoms with Gasteiger partial charge in [0.05, 0.1) is 0 Å². The van der Waals surface area contributed by atoms with Crippen molar-refractivity contribution in [2.45, 2.75) is 12.8 Å². The molecule has 2 amide bonds. The topological polar surface area (TPSA) is 53.2 Å². The molecule has 0 radical (unpaired) electrons. The van der Waals surface area contributed by atoms with Gasteiger partial charge in [-0.25, -0.2) is 4.79 Å². The lowest BCUT2D eigenvalue weighted by molar-refractivity contribution is 0.239. The van der Waals surface area contributed by atoms with Gasteiger partial charge in [-0.05, 0) is 31.8 Å². The van der Waals surface area contributed by atoms with Crippen molar-refractivity contribution in [2.24, 2.45) is 5.92 Å². The fraction of sp³-hybridized carbons (Fsp3) is 0.875. The highest BCUT2D eigenvalue weighted by molar-refractivity contribution is 5.73. The molecular formula is C8H17N3O. The van der Waals surface area contributed by atoms with Gasteiger partial charge in [-0.2, -0.15) is 0 Å². The third kappa shape index (κ3) is 3.09. The van der Waals surface area contributed by atoms with Gasteiger partial charge < -0.3 is 16.0 Å². The Labute approximate surface area is 73.1 Å². The van der Waals surface area contributed by atoms with Crippen LogP contribution in [0.3, 0.4) is 0 Å². The van der Waals surface area contributed by atoms with Gasteiger partial charge in [0.15, 0.2) is 0 Å². The quantitative estimate of drug-likeness (QED) is 0.544. The SMILES string of the molecule is CNC(=O)NCC1CCNCC1. The van der Waals surface area contributed by atoms with E-state index in [2.05, 4.69) is 16.0 Å². The Balaban J connectivity index is 2.09. The van der Waals surface area contributed by atoms with E-state index in [1.54, 1.807) is 7.05 Å². The van der Waals surface area contributed by atoms with Crippen molar-refractivity contribution in [3.63, 3.8) is 0 Å². The summed E-state index contributed by atoms with van der Waals surface area (Å²) in [4.78, 5) is 10.8. The van der Waals surface area contributed by atoms with Crippen LogP contribution in [0.25, 0.3) is 0 Å². The second-order valence-electron chi connectivity index (χ2n) is 3.15. The van der Waals surface area contributed by atoms with Crippen molar-refractivity contribution in [3.05, 3.63) is 0 Å². The van der Waals surface area contributed by atoms with Crippen LogP contribution in [0.2, 0.25) is 0 Å². The van der Waals surface area contributed by atoms with Gasteiger partial charge in [0.1, 0.15) is 0 Å². The van der Waals surface area contributed by atoms with Gasteiger partial charge in [-0.15, -0.1) is 0 Å². The predicted molar refractivity (Wildman–Crippen MR) is 48.1 cm³/mol. The Morgan fingerprint density at radius 2 is 2.17 bits per heavy atom. The molecule has 0 aliphatic carbocycles. The first-order valence-electron chi connectivity index (χ1n) is 4.49. The van der Waals surface area contributed by atoms with Crippen molar-refractivity contribution in [3.8, 4) is 0 Å². The second kappa shape index (κ2) is 4.98. The minimum atomic E-state index is -0.0754. The minimum absolute atomic E-state index is 0.0754. The van der Waals surface area contributed by atoms with Crippen LogP contribution in [0.4, 0.5) is 4.79 Å². The number of hydrogen-bond donors (Lipinski definition) is 3. The Kier molecular flexibility index (Phi) is 3.87. The monoisotopic (exact) mass is 171 g/mol. The number of carbonyl (C=O) groups excluding carboxylic acids is 1. The van der Waals surface area contributed by atoms with Crippen LogP contribution in [0.5, 0.6) is 0 Å². The fourth-order valence-corrected chi connectivity index (χ4v) is 1.41. The van der Waals surface area contributed by atoms with E-state index in [9.17, 15) is 4.79 Å². The molecule has 4 nitrogen and oxygen atoms in total. The number of piperidine rings is 1. The van der Waals surface area contributed by atoms with Crippen LogP contribution in [-0.4, -0.2) is 32.7 Å². The van der Waals surface area contributed by atoms with Crippen LogP contribution >= 0.6 is 0 Å². The molecule has 0 unspecified atom stereocenters. The van der Waals surface area contributed by atoms with Gasteiger partial charge in [0.2, 0.25) is 0 Å². The molecule has 1 aliphatic rings. The summed E-state index contributed by atoms with van der Waals surface area (Å²) in [5.74, 6) is 0.656. The Morgan fingerprint density at radius 1 is 1.50 bits per heavy atom. The average Bonchev–Trinajstić information content (AvgIpc) is 2.16. The zero-order chi connectivity index (χ0) is 8.81. The summed E-state index contributed by atoms with van der Waals surface area (Å²) in [7, 11) is 1.64. The van der Waals surface area contributed by atoms with E-state index in [-0.39, 0.29) is 6.03 Å². The Morgan fingerprint density at radius 3 is 2.75 bits per heavy atom. The van der Waals surface area contributed by atoms with Crippen molar-refractivity contribution in [1.82, 2.24) is 16.0 Å². The molecule has 0 spiro atoms. The lowest BCUT2D eigenvalue weighted by atomic mass is 9.98. The number of urea groups is 1. The van der Waals surface area contributed by atoms with Crippen LogP contribution in [-0.2, 0) is 0 Å². The maximum absolute atomic E-state index is 10.8. The van der Waals surface area contributed by atoms with Crippen molar-refractivity contribution >= 4 is 6.03 Å². The largest absolute Gasteiger partial charge is 0.341 e. The van der Waals surface area contributed by atoms with Crippen LogP contribution in [0.1, 0.15) is 12.8 Å². The molecule has 1 rings (SSSR count). The minimum Gasteiger partial charge on any atom is -0.341 e. The fourth-order valence-electron chi connectivity index (χ4n) is 1.41. The molecule has 1 aliphatic heterocycles. The molecule has 0 atom stereocenters. The maximum Gasteiger partial charge on any atom is 0.314 e. The third-order valence-corrected chi connectivity index (χ3v) is 2.24. The first kappa shape index (κ1) is 9.32. The zero-order valence-electron chi connectivity index (χ0n) is 7.52. The number of carbonyl (C=O) groups is 1. The Hall–Kier alpha value is -0.770. The van der Waals surface area contributed by atoms with E-state index in [1.165, 1.54) is 12.8 Å². The predicted octanol–water partition coefficient (Wildman–Crippen LogP) is -0.0850. The molecular weight excluding hydrogens is 154 g/mol. The Bertz CT molecular complexity index is 143. The van der Waals surface area contributed by atoms with E-state index in [0.29, 0.717) is 5.92 Å². The second-order valence-corrected chi connectivity index (χ2v) is 3.15.